The fraction of sp³-hybridized carbons (Fsp3) is 0.571. The molecule has 0 amide bonds. The van der Waals surface area contributed by atoms with Crippen LogP contribution in [0.5, 0.6) is 5.75 Å². The van der Waals surface area contributed by atoms with E-state index in [1.165, 1.54) is 24.8 Å². The van der Waals surface area contributed by atoms with Gasteiger partial charge in [0.05, 0.1) is 0 Å². The molecule has 1 aromatic carbocycles. The Morgan fingerprint density at radius 2 is 1.81 bits per heavy atom. The first kappa shape index (κ1) is 10.6. The van der Waals surface area contributed by atoms with Crippen LogP contribution < -0.4 is 0 Å². The van der Waals surface area contributed by atoms with E-state index in [0.29, 0.717) is 11.2 Å². The summed E-state index contributed by atoms with van der Waals surface area (Å²) in [7, 11) is 0. The zero-order valence-electron chi connectivity index (χ0n) is 9.32. The zero-order chi connectivity index (χ0) is 11.2. The Bertz CT molecular complexity index is 374. The smallest absolute Gasteiger partial charge is 0.115 e. The fourth-order valence-electron chi connectivity index (χ4n) is 3.35. The third-order valence-electron chi connectivity index (χ3n) is 4.26. The van der Waals surface area contributed by atoms with Crippen LogP contribution in [0, 0.1) is 17.3 Å². The van der Waals surface area contributed by atoms with Crippen molar-refractivity contribution in [3.05, 3.63) is 29.8 Å². The van der Waals surface area contributed by atoms with Gasteiger partial charge in [0.2, 0.25) is 0 Å². The summed E-state index contributed by atoms with van der Waals surface area (Å²) in [5, 5.41) is 10.4. The second-order valence-corrected chi connectivity index (χ2v) is 6.20. The van der Waals surface area contributed by atoms with E-state index in [1.807, 2.05) is 0 Å². The maximum Gasteiger partial charge on any atom is 0.115 e. The van der Waals surface area contributed by atoms with Crippen molar-refractivity contribution in [1.82, 2.24) is 0 Å². The highest BCUT2D eigenvalue weighted by molar-refractivity contribution is 9.09. The molecule has 0 aliphatic heterocycles. The number of hydrogen-bond donors (Lipinski definition) is 1. The van der Waals surface area contributed by atoms with E-state index in [0.717, 1.165) is 23.6 Å². The topological polar surface area (TPSA) is 20.2 Å². The largest absolute Gasteiger partial charge is 0.508 e. The monoisotopic (exact) mass is 280 g/mol. The summed E-state index contributed by atoms with van der Waals surface area (Å²) in [6, 6.07) is 7.72. The van der Waals surface area contributed by atoms with Crippen LogP contribution in [-0.2, 0) is 6.42 Å². The van der Waals surface area contributed by atoms with Gasteiger partial charge in [-0.2, -0.15) is 0 Å². The Morgan fingerprint density at radius 1 is 1.19 bits per heavy atom. The molecule has 0 saturated heterocycles. The zero-order valence-corrected chi connectivity index (χ0v) is 10.9. The van der Waals surface area contributed by atoms with E-state index in [9.17, 15) is 5.11 Å². The number of aromatic hydroxyl groups is 1. The molecule has 0 aromatic heterocycles. The van der Waals surface area contributed by atoms with Gasteiger partial charge in [-0.25, -0.2) is 0 Å². The molecular formula is C14H17BrO. The molecule has 0 spiro atoms. The number of hydrogen-bond acceptors (Lipinski definition) is 1. The third kappa shape index (κ3) is 1.88. The van der Waals surface area contributed by atoms with Gasteiger partial charge in [-0.1, -0.05) is 28.1 Å². The van der Waals surface area contributed by atoms with Crippen LogP contribution in [0.1, 0.15) is 24.8 Å². The van der Waals surface area contributed by atoms with Gasteiger partial charge >= 0.3 is 0 Å². The SMILES string of the molecule is Oc1ccc(CC2(CBr)CC3CC3C2)cc1. The normalized spacial score (nSPS) is 36.1. The molecule has 2 aliphatic rings. The summed E-state index contributed by atoms with van der Waals surface area (Å²) in [6.45, 7) is 0. The van der Waals surface area contributed by atoms with Crippen LogP contribution in [0.15, 0.2) is 24.3 Å². The van der Waals surface area contributed by atoms with Crippen LogP contribution in [0.4, 0.5) is 0 Å². The van der Waals surface area contributed by atoms with E-state index >= 15 is 0 Å². The van der Waals surface area contributed by atoms with Gasteiger partial charge in [-0.15, -0.1) is 0 Å². The summed E-state index contributed by atoms with van der Waals surface area (Å²) >= 11 is 3.70. The molecule has 2 aliphatic carbocycles. The van der Waals surface area contributed by atoms with Crippen molar-refractivity contribution in [2.45, 2.75) is 25.7 Å². The van der Waals surface area contributed by atoms with Crippen molar-refractivity contribution in [3.63, 3.8) is 0 Å². The van der Waals surface area contributed by atoms with Gasteiger partial charge in [0, 0.05) is 5.33 Å². The molecule has 0 bridgehead atoms. The van der Waals surface area contributed by atoms with E-state index in [1.54, 1.807) is 12.1 Å². The van der Waals surface area contributed by atoms with E-state index in [-0.39, 0.29) is 0 Å². The first-order valence-corrected chi connectivity index (χ1v) is 7.17. The van der Waals surface area contributed by atoms with Gasteiger partial charge in [0.1, 0.15) is 5.75 Å². The van der Waals surface area contributed by atoms with E-state index < -0.39 is 0 Å². The number of benzene rings is 1. The lowest BCUT2D eigenvalue weighted by Crippen LogP contribution is -2.23. The Balaban J connectivity index is 1.75. The molecule has 1 aromatic rings. The predicted octanol–water partition coefficient (Wildman–Crippen LogP) is 3.75. The van der Waals surface area contributed by atoms with Crippen LogP contribution >= 0.6 is 15.9 Å². The van der Waals surface area contributed by atoms with Gasteiger partial charge in [-0.3, -0.25) is 0 Å². The molecule has 2 saturated carbocycles. The average Bonchev–Trinajstić information content (AvgIpc) is 2.91. The summed E-state index contributed by atoms with van der Waals surface area (Å²) in [4.78, 5) is 0. The summed E-state index contributed by atoms with van der Waals surface area (Å²) < 4.78 is 0. The second kappa shape index (κ2) is 3.76. The second-order valence-electron chi connectivity index (χ2n) is 5.64. The van der Waals surface area contributed by atoms with Gasteiger partial charge in [0.15, 0.2) is 0 Å². The highest BCUT2D eigenvalue weighted by atomic mass is 79.9. The molecule has 86 valence electrons. The van der Waals surface area contributed by atoms with Crippen molar-refractivity contribution in [2.75, 3.05) is 5.33 Å². The highest BCUT2D eigenvalue weighted by Crippen LogP contribution is 2.61. The maximum absolute atomic E-state index is 9.28. The molecule has 3 rings (SSSR count). The lowest BCUT2D eigenvalue weighted by molar-refractivity contribution is 0.308. The van der Waals surface area contributed by atoms with Crippen molar-refractivity contribution in [2.24, 2.45) is 17.3 Å². The quantitative estimate of drug-likeness (QED) is 0.837. The fourth-order valence-corrected chi connectivity index (χ4v) is 4.01. The number of fused-ring (bicyclic) bond motifs is 1. The predicted molar refractivity (Wildman–Crippen MR) is 68.9 cm³/mol. The number of alkyl halides is 1. The van der Waals surface area contributed by atoms with Crippen molar-refractivity contribution in [3.8, 4) is 5.75 Å². The van der Waals surface area contributed by atoms with Gasteiger partial charge in [-0.05, 0) is 60.6 Å². The molecular weight excluding hydrogens is 264 g/mol. The summed E-state index contributed by atoms with van der Waals surface area (Å²) in [6.07, 6.45) is 5.42. The average molecular weight is 281 g/mol. The van der Waals surface area contributed by atoms with Crippen LogP contribution in [-0.4, -0.2) is 10.4 Å². The van der Waals surface area contributed by atoms with Crippen molar-refractivity contribution < 1.29 is 5.11 Å². The first-order valence-electron chi connectivity index (χ1n) is 6.05. The van der Waals surface area contributed by atoms with Gasteiger partial charge in [0.25, 0.3) is 0 Å². The summed E-state index contributed by atoms with van der Waals surface area (Å²) in [5.74, 6) is 2.41. The molecule has 1 N–H and O–H groups in total. The molecule has 2 fully saturated rings. The Morgan fingerprint density at radius 3 is 2.38 bits per heavy atom. The molecule has 0 heterocycles. The molecule has 16 heavy (non-hydrogen) atoms. The molecule has 2 atom stereocenters. The van der Waals surface area contributed by atoms with E-state index in [2.05, 4.69) is 28.1 Å². The minimum Gasteiger partial charge on any atom is -0.508 e. The number of rotatable bonds is 3. The van der Waals surface area contributed by atoms with Crippen LogP contribution in [0.3, 0.4) is 0 Å². The van der Waals surface area contributed by atoms with Gasteiger partial charge < -0.3 is 5.11 Å². The lowest BCUT2D eigenvalue weighted by Gasteiger charge is -2.28. The summed E-state index contributed by atoms with van der Waals surface area (Å²) in [5.41, 5.74) is 1.85. The molecule has 2 unspecified atom stereocenters. The van der Waals surface area contributed by atoms with Crippen LogP contribution in [0.25, 0.3) is 0 Å². The lowest BCUT2D eigenvalue weighted by atomic mass is 9.79. The molecule has 0 radical (unpaired) electrons. The number of phenols is 1. The van der Waals surface area contributed by atoms with Crippen LogP contribution in [0.2, 0.25) is 0 Å². The number of halogens is 1. The Kier molecular flexibility index (Phi) is 2.50. The maximum atomic E-state index is 9.28. The van der Waals surface area contributed by atoms with E-state index in [4.69, 9.17) is 0 Å². The minimum atomic E-state index is 0.367. The Hall–Kier alpha value is -0.500. The minimum absolute atomic E-state index is 0.367. The van der Waals surface area contributed by atoms with Crippen molar-refractivity contribution >= 4 is 15.9 Å². The van der Waals surface area contributed by atoms with Crippen molar-refractivity contribution in [1.29, 1.82) is 0 Å². The highest BCUT2D eigenvalue weighted by Gasteiger charge is 2.52. The molecule has 2 heteroatoms. The first-order chi connectivity index (χ1) is 7.71. The number of phenolic OH excluding ortho intramolecular Hbond substituents is 1. The Labute approximate surface area is 105 Å². The third-order valence-corrected chi connectivity index (χ3v) is 5.45. The standard InChI is InChI=1S/C14H17BrO/c15-9-14(7-11-5-12(11)8-14)6-10-1-3-13(16)4-2-10/h1-4,11-12,16H,5-9H2. The molecule has 1 nitrogen and oxygen atoms in total.